The van der Waals surface area contributed by atoms with Gasteiger partial charge < -0.3 is 16.4 Å². The van der Waals surface area contributed by atoms with Crippen molar-refractivity contribution in [3.63, 3.8) is 0 Å². The van der Waals surface area contributed by atoms with Crippen LogP contribution >= 0.6 is 11.6 Å². The summed E-state index contributed by atoms with van der Waals surface area (Å²) < 4.78 is 35.6. The highest BCUT2D eigenvalue weighted by atomic mass is 35.5. The molecule has 2 amide bonds. The van der Waals surface area contributed by atoms with Gasteiger partial charge in [-0.2, -0.15) is 13.2 Å². The van der Waals surface area contributed by atoms with Crippen molar-refractivity contribution < 1.29 is 22.8 Å². The molecule has 9 heteroatoms. The lowest BCUT2D eigenvalue weighted by Crippen LogP contribution is -2.35. The summed E-state index contributed by atoms with van der Waals surface area (Å²) in [6, 6.07) is 3.99. The highest BCUT2D eigenvalue weighted by Crippen LogP contribution is 2.20. The third-order valence-electron chi connectivity index (χ3n) is 2.13. The van der Waals surface area contributed by atoms with Crippen LogP contribution in [0.25, 0.3) is 0 Å². The smallest absolute Gasteiger partial charge is 0.366 e. The fourth-order valence-electron chi connectivity index (χ4n) is 1.31. The molecular formula is C11H11ClF3N3O2. The minimum absolute atomic E-state index is 0.00715. The summed E-state index contributed by atoms with van der Waals surface area (Å²) in [6.45, 7) is -1.79. The fraction of sp³-hybridized carbons (Fsp3) is 0.273. The van der Waals surface area contributed by atoms with Gasteiger partial charge in [0.2, 0.25) is 11.8 Å². The first-order chi connectivity index (χ1) is 9.19. The van der Waals surface area contributed by atoms with E-state index in [9.17, 15) is 22.8 Å². The Morgan fingerprint density at radius 2 is 1.95 bits per heavy atom. The van der Waals surface area contributed by atoms with Crippen LogP contribution in [-0.4, -0.2) is 31.1 Å². The van der Waals surface area contributed by atoms with Gasteiger partial charge in [0, 0.05) is 5.69 Å². The summed E-state index contributed by atoms with van der Waals surface area (Å²) >= 11 is 5.71. The van der Waals surface area contributed by atoms with E-state index in [1.54, 1.807) is 0 Å². The average Bonchev–Trinajstić information content (AvgIpc) is 2.29. The predicted molar refractivity (Wildman–Crippen MR) is 67.5 cm³/mol. The molecule has 0 saturated heterocycles. The SMILES string of the molecule is NC(=O)c1cc(NC(=O)CNCC(F)(F)F)ccc1Cl. The van der Waals surface area contributed by atoms with Crippen LogP contribution in [0.1, 0.15) is 10.4 Å². The Morgan fingerprint density at radius 1 is 1.30 bits per heavy atom. The Bertz CT molecular complexity index is 520. The van der Waals surface area contributed by atoms with Crippen molar-refractivity contribution in [1.29, 1.82) is 0 Å². The van der Waals surface area contributed by atoms with Crippen LogP contribution in [0, 0.1) is 0 Å². The molecule has 0 saturated carbocycles. The molecule has 0 heterocycles. The number of anilines is 1. The van der Waals surface area contributed by atoms with Crippen molar-refractivity contribution in [2.24, 2.45) is 5.73 Å². The van der Waals surface area contributed by atoms with Crippen LogP contribution in [0.5, 0.6) is 0 Å². The zero-order valence-corrected chi connectivity index (χ0v) is 10.8. The van der Waals surface area contributed by atoms with Gasteiger partial charge in [0.05, 0.1) is 23.7 Å². The number of carbonyl (C=O) groups excluding carboxylic acids is 2. The Labute approximate surface area is 117 Å². The van der Waals surface area contributed by atoms with Crippen molar-refractivity contribution in [2.75, 3.05) is 18.4 Å². The van der Waals surface area contributed by atoms with Gasteiger partial charge in [-0.05, 0) is 18.2 Å². The van der Waals surface area contributed by atoms with Gasteiger partial charge >= 0.3 is 6.18 Å². The second kappa shape index (κ2) is 6.58. The third kappa shape index (κ3) is 5.45. The molecule has 0 unspecified atom stereocenters. The second-order valence-electron chi connectivity index (χ2n) is 3.83. The van der Waals surface area contributed by atoms with Gasteiger partial charge in [-0.25, -0.2) is 0 Å². The number of rotatable bonds is 5. The Hall–Kier alpha value is -1.80. The predicted octanol–water partition coefficient (Wildman–Crippen LogP) is 1.53. The Kier molecular flexibility index (Phi) is 5.34. The van der Waals surface area contributed by atoms with Crippen LogP contribution in [0.2, 0.25) is 5.02 Å². The molecular weight excluding hydrogens is 299 g/mol. The summed E-state index contributed by atoms with van der Waals surface area (Å²) in [5, 5.41) is 4.37. The van der Waals surface area contributed by atoms with Crippen molar-refractivity contribution in [3.05, 3.63) is 28.8 Å². The number of benzene rings is 1. The summed E-state index contributed by atoms with van der Waals surface area (Å²) in [5.41, 5.74) is 5.29. The number of hydrogen-bond acceptors (Lipinski definition) is 3. The lowest BCUT2D eigenvalue weighted by atomic mass is 10.2. The molecule has 0 aliphatic heterocycles. The lowest BCUT2D eigenvalue weighted by molar-refractivity contribution is -0.126. The normalized spacial score (nSPS) is 11.2. The Balaban J connectivity index is 2.58. The first-order valence-electron chi connectivity index (χ1n) is 5.36. The number of nitrogens with two attached hydrogens (primary N) is 1. The molecule has 5 nitrogen and oxygen atoms in total. The van der Waals surface area contributed by atoms with Crippen molar-refractivity contribution in [1.82, 2.24) is 5.32 Å². The molecule has 0 atom stereocenters. The number of primary amides is 1. The number of nitrogens with one attached hydrogen (secondary N) is 2. The summed E-state index contributed by atoms with van der Waals surface area (Å²) in [6.07, 6.45) is -4.39. The molecule has 0 radical (unpaired) electrons. The summed E-state index contributed by atoms with van der Waals surface area (Å²) in [4.78, 5) is 22.4. The molecule has 110 valence electrons. The molecule has 0 bridgehead atoms. The lowest BCUT2D eigenvalue weighted by Gasteiger charge is -2.09. The first-order valence-corrected chi connectivity index (χ1v) is 5.73. The minimum Gasteiger partial charge on any atom is -0.366 e. The zero-order chi connectivity index (χ0) is 15.3. The van der Waals surface area contributed by atoms with Gasteiger partial charge in [-0.15, -0.1) is 0 Å². The van der Waals surface area contributed by atoms with Crippen LogP contribution in [-0.2, 0) is 4.79 Å². The first kappa shape index (κ1) is 16.3. The van der Waals surface area contributed by atoms with E-state index < -0.39 is 31.1 Å². The van der Waals surface area contributed by atoms with E-state index in [0.717, 1.165) is 0 Å². The molecule has 1 aromatic rings. The maximum atomic E-state index is 11.9. The van der Waals surface area contributed by atoms with E-state index >= 15 is 0 Å². The maximum absolute atomic E-state index is 11.9. The summed E-state index contributed by atoms with van der Waals surface area (Å²) in [5.74, 6) is -1.46. The standard InChI is InChI=1S/C11H11ClF3N3O2/c12-8-2-1-6(3-7(8)10(16)20)18-9(19)4-17-5-11(13,14)15/h1-3,17H,4-5H2,(H2,16,20)(H,18,19). The van der Waals surface area contributed by atoms with Gasteiger partial charge in [0.25, 0.3) is 0 Å². The molecule has 20 heavy (non-hydrogen) atoms. The van der Waals surface area contributed by atoms with E-state index in [0.29, 0.717) is 0 Å². The van der Waals surface area contributed by atoms with E-state index in [4.69, 9.17) is 17.3 Å². The average molecular weight is 310 g/mol. The maximum Gasteiger partial charge on any atom is 0.401 e. The van der Waals surface area contributed by atoms with Gasteiger partial charge in [-0.1, -0.05) is 11.6 Å². The Morgan fingerprint density at radius 3 is 2.50 bits per heavy atom. The van der Waals surface area contributed by atoms with Crippen molar-refractivity contribution >= 4 is 29.1 Å². The highest BCUT2D eigenvalue weighted by Gasteiger charge is 2.26. The van der Waals surface area contributed by atoms with E-state index in [-0.39, 0.29) is 16.3 Å². The number of hydrogen-bond donors (Lipinski definition) is 3. The molecule has 0 fully saturated rings. The van der Waals surface area contributed by atoms with Crippen molar-refractivity contribution in [3.8, 4) is 0 Å². The summed E-state index contributed by atoms with van der Waals surface area (Å²) in [7, 11) is 0. The monoisotopic (exact) mass is 309 g/mol. The topological polar surface area (TPSA) is 84.2 Å². The van der Waals surface area contributed by atoms with Gasteiger partial charge in [-0.3, -0.25) is 9.59 Å². The minimum atomic E-state index is -4.39. The highest BCUT2D eigenvalue weighted by molar-refractivity contribution is 6.33. The number of amides is 2. The van der Waals surface area contributed by atoms with Crippen molar-refractivity contribution in [2.45, 2.75) is 6.18 Å². The van der Waals surface area contributed by atoms with Crippen LogP contribution in [0.3, 0.4) is 0 Å². The third-order valence-corrected chi connectivity index (χ3v) is 2.46. The largest absolute Gasteiger partial charge is 0.401 e. The number of carbonyl (C=O) groups is 2. The van der Waals surface area contributed by atoms with E-state index in [2.05, 4.69) is 5.32 Å². The molecule has 0 aliphatic carbocycles. The van der Waals surface area contributed by atoms with Crippen LogP contribution in [0.15, 0.2) is 18.2 Å². The van der Waals surface area contributed by atoms with Crippen LogP contribution < -0.4 is 16.4 Å². The van der Waals surface area contributed by atoms with Gasteiger partial charge in [0.15, 0.2) is 0 Å². The molecule has 0 aromatic heterocycles. The number of alkyl halides is 3. The van der Waals surface area contributed by atoms with E-state index in [1.807, 2.05) is 5.32 Å². The molecule has 4 N–H and O–H groups in total. The molecule has 0 spiro atoms. The zero-order valence-electron chi connectivity index (χ0n) is 10.1. The number of halogens is 4. The van der Waals surface area contributed by atoms with Crippen LogP contribution in [0.4, 0.5) is 18.9 Å². The molecule has 1 rings (SSSR count). The molecule has 1 aromatic carbocycles. The fourth-order valence-corrected chi connectivity index (χ4v) is 1.53. The second-order valence-corrected chi connectivity index (χ2v) is 4.23. The van der Waals surface area contributed by atoms with E-state index in [1.165, 1.54) is 18.2 Å². The van der Waals surface area contributed by atoms with Gasteiger partial charge in [0.1, 0.15) is 0 Å². The molecule has 0 aliphatic rings. The quantitative estimate of drug-likeness (QED) is 0.771.